The summed E-state index contributed by atoms with van der Waals surface area (Å²) in [5.74, 6) is -2.35. The third kappa shape index (κ3) is 7.08. The number of allylic oxidation sites excluding steroid dienone is 1. The maximum absolute atomic E-state index is 14.8. The maximum Gasteiger partial charge on any atom is 0.309 e. The fourth-order valence-electron chi connectivity index (χ4n) is 3.61. The number of anilines is 2. The van der Waals surface area contributed by atoms with Gasteiger partial charge in [-0.15, -0.1) is 0 Å². The van der Waals surface area contributed by atoms with Gasteiger partial charge in [-0.2, -0.15) is 5.10 Å². The Morgan fingerprint density at radius 2 is 1.94 bits per heavy atom. The van der Waals surface area contributed by atoms with Crippen LogP contribution in [0.3, 0.4) is 0 Å². The third-order valence-electron chi connectivity index (χ3n) is 5.01. The van der Waals surface area contributed by atoms with E-state index < -0.39 is 23.2 Å². The van der Waals surface area contributed by atoms with Crippen LogP contribution >= 0.6 is 0 Å². The fourth-order valence-corrected chi connectivity index (χ4v) is 3.61. The van der Waals surface area contributed by atoms with Crippen molar-refractivity contribution in [1.29, 1.82) is 0 Å². The number of amidine groups is 1. The number of esters is 1. The number of aromatic nitrogens is 1. The molecule has 35 heavy (non-hydrogen) atoms. The Bertz CT molecular complexity index is 1100. The van der Waals surface area contributed by atoms with E-state index in [-0.39, 0.29) is 34.9 Å². The Morgan fingerprint density at radius 1 is 1.26 bits per heavy atom. The molecular weight excluding hydrogens is 460 g/mol. The zero-order valence-electron chi connectivity index (χ0n) is 20.1. The van der Waals surface area contributed by atoms with Crippen LogP contribution in [-0.4, -0.2) is 52.6 Å². The number of rotatable bonds is 5. The van der Waals surface area contributed by atoms with E-state index in [0.717, 1.165) is 29.7 Å². The molecule has 1 fully saturated rings. The first-order valence-electron chi connectivity index (χ1n) is 11.1. The normalized spacial score (nSPS) is 18.5. The number of nitrogens with zero attached hydrogens (tertiary/aromatic N) is 5. The number of hydrazone groups is 1. The molecule has 1 aromatic heterocycles. The van der Waals surface area contributed by atoms with Gasteiger partial charge in [0.25, 0.3) is 5.91 Å². The summed E-state index contributed by atoms with van der Waals surface area (Å²) < 4.78 is 33.8. The second kappa shape index (κ2) is 10.6. The van der Waals surface area contributed by atoms with Crippen molar-refractivity contribution in [2.24, 2.45) is 21.7 Å². The van der Waals surface area contributed by atoms with Gasteiger partial charge in [0.2, 0.25) is 0 Å². The molecule has 2 aliphatic rings. The molecule has 0 atom stereocenters. The molecule has 188 valence electrons. The van der Waals surface area contributed by atoms with Crippen molar-refractivity contribution in [2.75, 3.05) is 23.3 Å². The second-order valence-corrected chi connectivity index (χ2v) is 9.16. The number of nitrogens with one attached hydrogen (secondary N) is 1. The Morgan fingerprint density at radius 3 is 2.57 bits per heavy atom. The van der Waals surface area contributed by atoms with Gasteiger partial charge in [0.05, 0.1) is 36.4 Å². The maximum atomic E-state index is 14.8. The van der Waals surface area contributed by atoms with Gasteiger partial charge in [0.1, 0.15) is 17.1 Å². The molecule has 12 heteroatoms. The van der Waals surface area contributed by atoms with Crippen LogP contribution in [0.25, 0.3) is 0 Å². The van der Waals surface area contributed by atoms with Crippen molar-refractivity contribution < 1.29 is 23.1 Å². The quantitative estimate of drug-likeness (QED) is 0.282. The van der Waals surface area contributed by atoms with Crippen molar-refractivity contribution in [3.8, 4) is 0 Å². The fraction of sp³-hybridized carbons (Fsp3) is 0.435. The molecule has 3 heterocycles. The number of carbonyl (C=O) groups is 2. The number of ether oxygens (including phenoxy) is 1. The molecule has 3 N–H and O–H groups in total. The number of pyridine rings is 1. The van der Waals surface area contributed by atoms with Crippen LogP contribution < -0.4 is 16.0 Å². The molecule has 0 radical (unpaired) electrons. The highest BCUT2D eigenvalue weighted by atomic mass is 19.1. The largest absolute Gasteiger partial charge is 0.460 e. The molecule has 0 aliphatic carbocycles. The number of hydrogen-bond donors (Lipinski definition) is 2. The SMILES string of the molecule is C/C(N)=N\N1C=C(F)C=N/C1=C\C(=O)Nc1cncc(F)c1N1CCC(C(=O)OC(C)(C)C)CC1. The van der Waals surface area contributed by atoms with Gasteiger partial charge in [0, 0.05) is 19.2 Å². The predicted octanol–water partition coefficient (Wildman–Crippen LogP) is 3.05. The summed E-state index contributed by atoms with van der Waals surface area (Å²) in [6.07, 6.45) is 6.38. The van der Waals surface area contributed by atoms with Gasteiger partial charge in [-0.1, -0.05) is 0 Å². The van der Waals surface area contributed by atoms with E-state index in [1.54, 1.807) is 4.90 Å². The molecule has 10 nitrogen and oxygen atoms in total. The summed E-state index contributed by atoms with van der Waals surface area (Å²) in [6, 6.07) is 0. The van der Waals surface area contributed by atoms with Crippen molar-refractivity contribution >= 4 is 35.3 Å². The smallest absolute Gasteiger partial charge is 0.309 e. The molecule has 2 aliphatic heterocycles. The van der Waals surface area contributed by atoms with Crippen LogP contribution in [0.1, 0.15) is 40.5 Å². The number of halogens is 2. The van der Waals surface area contributed by atoms with E-state index in [9.17, 15) is 18.4 Å². The van der Waals surface area contributed by atoms with E-state index >= 15 is 0 Å². The van der Waals surface area contributed by atoms with Crippen LogP contribution in [-0.2, 0) is 14.3 Å². The molecule has 0 aromatic carbocycles. The minimum Gasteiger partial charge on any atom is -0.460 e. The highest BCUT2D eigenvalue weighted by Crippen LogP contribution is 2.32. The molecule has 1 aromatic rings. The lowest BCUT2D eigenvalue weighted by Gasteiger charge is -2.34. The lowest BCUT2D eigenvalue weighted by atomic mass is 9.96. The summed E-state index contributed by atoms with van der Waals surface area (Å²) in [6.45, 7) is 7.71. The van der Waals surface area contributed by atoms with E-state index in [4.69, 9.17) is 10.5 Å². The van der Waals surface area contributed by atoms with Gasteiger partial charge >= 0.3 is 5.97 Å². The van der Waals surface area contributed by atoms with E-state index in [2.05, 4.69) is 20.4 Å². The topological polar surface area (TPSA) is 126 Å². The number of hydrogen-bond acceptors (Lipinski definition) is 8. The monoisotopic (exact) mass is 489 g/mol. The van der Waals surface area contributed by atoms with Crippen LogP contribution in [0.4, 0.5) is 20.2 Å². The molecular formula is C23H29F2N7O3. The summed E-state index contributed by atoms with van der Waals surface area (Å²) in [5.41, 5.74) is 5.29. The Kier molecular flexibility index (Phi) is 7.82. The van der Waals surface area contributed by atoms with E-state index in [0.29, 0.717) is 25.9 Å². The van der Waals surface area contributed by atoms with Gasteiger partial charge in [-0.3, -0.25) is 14.6 Å². The van der Waals surface area contributed by atoms with Gasteiger partial charge in [-0.25, -0.2) is 18.8 Å². The van der Waals surface area contributed by atoms with E-state index in [1.165, 1.54) is 13.1 Å². The van der Waals surface area contributed by atoms with Crippen LogP contribution in [0.2, 0.25) is 0 Å². The Balaban J connectivity index is 1.74. The van der Waals surface area contributed by atoms with Crippen molar-refractivity contribution in [1.82, 2.24) is 9.99 Å². The molecule has 0 spiro atoms. The summed E-state index contributed by atoms with van der Waals surface area (Å²) in [5, 5.41) is 7.53. The van der Waals surface area contributed by atoms with Gasteiger partial charge in [-0.05, 0) is 40.5 Å². The number of nitrogens with two attached hydrogens (primary N) is 1. The van der Waals surface area contributed by atoms with Crippen molar-refractivity contribution in [3.05, 3.63) is 42.1 Å². The lowest BCUT2D eigenvalue weighted by Crippen LogP contribution is -2.39. The number of carbonyl (C=O) groups excluding carboxylic acids is 2. The molecule has 1 saturated heterocycles. The summed E-state index contributed by atoms with van der Waals surface area (Å²) in [4.78, 5) is 34.5. The van der Waals surface area contributed by atoms with Crippen LogP contribution in [0, 0.1) is 11.7 Å². The first-order chi connectivity index (χ1) is 16.4. The highest BCUT2D eigenvalue weighted by molar-refractivity contribution is 6.02. The highest BCUT2D eigenvalue weighted by Gasteiger charge is 2.31. The number of piperidine rings is 1. The number of aliphatic imine (C=N–C) groups is 1. The molecule has 1 amide bonds. The summed E-state index contributed by atoms with van der Waals surface area (Å²) >= 11 is 0. The average Bonchev–Trinajstić information content (AvgIpc) is 2.74. The minimum atomic E-state index is -0.668. The van der Waals surface area contributed by atoms with Gasteiger partial charge in [0.15, 0.2) is 17.5 Å². The second-order valence-electron chi connectivity index (χ2n) is 9.16. The van der Waals surface area contributed by atoms with Gasteiger partial charge < -0.3 is 20.7 Å². The van der Waals surface area contributed by atoms with Crippen molar-refractivity contribution in [2.45, 2.75) is 46.1 Å². The molecule has 3 rings (SSSR count). The molecule has 0 unspecified atom stereocenters. The predicted molar refractivity (Wildman–Crippen MR) is 129 cm³/mol. The molecule has 0 saturated carbocycles. The lowest BCUT2D eigenvalue weighted by molar-refractivity contribution is -0.160. The first kappa shape index (κ1) is 25.8. The van der Waals surface area contributed by atoms with Crippen molar-refractivity contribution in [3.63, 3.8) is 0 Å². The zero-order chi connectivity index (χ0) is 25.8. The van der Waals surface area contributed by atoms with Crippen LogP contribution in [0.15, 0.2) is 46.4 Å². The number of amides is 1. The first-order valence-corrected chi connectivity index (χ1v) is 11.1. The summed E-state index contributed by atoms with van der Waals surface area (Å²) in [7, 11) is 0. The minimum absolute atomic E-state index is 0.0118. The van der Waals surface area contributed by atoms with Crippen LogP contribution in [0.5, 0.6) is 0 Å². The average molecular weight is 490 g/mol. The molecule has 0 bridgehead atoms. The third-order valence-corrected chi connectivity index (χ3v) is 5.01. The Labute approximate surface area is 202 Å². The van der Waals surface area contributed by atoms with E-state index in [1.807, 2.05) is 20.8 Å². The standard InChI is InChI=1S/C23H29F2N7O3/c1-14(26)30-32-13-16(24)10-28-19(32)9-20(33)29-18-12-27-11-17(25)21(18)31-7-5-15(6-8-31)22(34)35-23(2,3)4/h9-13,15H,5-8H2,1-4H3,(H2,26,30)(H,29,33)/b19-9+. The Hall–Kier alpha value is -3.83. The zero-order valence-corrected chi connectivity index (χ0v) is 20.1.